The van der Waals surface area contributed by atoms with Gasteiger partial charge in [0.25, 0.3) is 0 Å². The standard InChI is InChI=1S/C13H12N2O4S/c16-15(17)14(11-12-7-3-1-4-8-12)20(18,19)13-9-5-2-6-10-13/h1-10H,11H2. The smallest absolute Gasteiger partial charge is 0.234 e. The molecule has 20 heavy (non-hydrogen) atoms. The molecule has 104 valence electrons. The van der Waals surface area contributed by atoms with Gasteiger partial charge >= 0.3 is 10.0 Å². The van der Waals surface area contributed by atoms with Crippen molar-refractivity contribution >= 4 is 10.0 Å². The van der Waals surface area contributed by atoms with Crippen LogP contribution < -0.4 is 0 Å². The summed E-state index contributed by atoms with van der Waals surface area (Å²) in [6, 6.07) is 15.8. The van der Waals surface area contributed by atoms with Gasteiger partial charge in [0, 0.05) is 0 Å². The maximum atomic E-state index is 12.3. The van der Waals surface area contributed by atoms with Crippen LogP contribution in [0.3, 0.4) is 0 Å². The minimum Gasteiger partial charge on any atom is -0.234 e. The van der Waals surface area contributed by atoms with Crippen LogP contribution in [0.2, 0.25) is 0 Å². The van der Waals surface area contributed by atoms with E-state index in [-0.39, 0.29) is 15.9 Å². The molecule has 0 saturated heterocycles. The quantitative estimate of drug-likeness (QED) is 0.624. The van der Waals surface area contributed by atoms with Crippen molar-refractivity contribution in [3.8, 4) is 0 Å². The van der Waals surface area contributed by atoms with Crippen LogP contribution in [0.4, 0.5) is 0 Å². The molecule has 0 N–H and O–H groups in total. The zero-order valence-electron chi connectivity index (χ0n) is 10.4. The number of nitro groups is 1. The molecule has 0 aliphatic rings. The molecule has 0 aliphatic carbocycles. The predicted octanol–water partition coefficient (Wildman–Crippen LogP) is 2.07. The molecule has 0 amide bonds. The lowest BCUT2D eigenvalue weighted by molar-refractivity contribution is -0.623. The zero-order chi connectivity index (χ0) is 14.6. The summed E-state index contributed by atoms with van der Waals surface area (Å²) >= 11 is 0. The van der Waals surface area contributed by atoms with Crippen molar-refractivity contribution in [3.05, 3.63) is 76.3 Å². The summed E-state index contributed by atoms with van der Waals surface area (Å²) in [7, 11) is -4.16. The van der Waals surface area contributed by atoms with Crippen LogP contribution >= 0.6 is 0 Å². The number of rotatable bonds is 5. The average molecular weight is 292 g/mol. The van der Waals surface area contributed by atoms with Gasteiger partial charge in [-0.15, -0.1) is 0 Å². The van der Waals surface area contributed by atoms with E-state index in [2.05, 4.69) is 0 Å². The molecule has 0 atom stereocenters. The lowest BCUT2D eigenvalue weighted by atomic mass is 10.2. The fourth-order valence-electron chi connectivity index (χ4n) is 1.68. The number of hydrazine groups is 1. The van der Waals surface area contributed by atoms with Crippen molar-refractivity contribution in [1.82, 2.24) is 4.41 Å². The zero-order valence-corrected chi connectivity index (χ0v) is 11.2. The van der Waals surface area contributed by atoms with E-state index in [0.717, 1.165) is 0 Å². The van der Waals surface area contributed by atoms with Gasteiger partial charge in [-0.1, -0.05) is 48.5 Å². The van der Waals surface area contributed by atoms with Gasteiger partial charge < -0.3 is 0 Å². The van der Waals surface area contributed by atoms with E-state index in [4.69, 9.17) is 0 Å². The van der Waals surface area contributed by atoms with Crippen molar-refractivity contribution in [3.63, 3.8) is 0 Å². The van der Waals surface area contributed by atoms with Crippen LogP contribution in [0.1, 0.15) is 5.56 Å². The Kier molecular flexibility index (Phi) is 3.99. The third kappa shape index (κ3) is 2.94. The van der Waals surface area contributed by atoms with E-state index >= 15 is 0 Å². The second kappa shape index (κ2) is 5.70. The van der Waals surface area contributed by atoms with E-state index in [1.165, 1.54) is 24.3 Å². The van der Waals surface area contributed by atoms with Gasteiger partial charge in [0.15, 0.2) is 5.03 Å². The van der Waals surface area contributed by atoms with Crippen LogP contribution in [0, 0.1) is 10.1 Å². The van der Waals surface area contributed by atoms with Gasteiger partial charge in [0.05, 0.1) is 4.90 Å². The Bertz CT molecular complexity index is 687. The van der Waals surface area contributed by atoms with Crippen molar-refractivity contribution in [2.45, 2.75) is 11.4 Å². The number of nitrogens with zero attached hydrogens (tertiary/aromatic N) is 2. The topological polar surface area (TPSA) is 80.5 Å². The number of hydrogen-bond acceptors (Lipinski definition) is 4. The predicted molar refractivity (Wildman–Crippen MR) is 72.6 cm³/mol. The molecule has 0 spiro atoms. The van der Waals surface area contributed by atoms with Crippen molar-refractivity contribution < 1.29 is 13.5 Å². The van der Waals surface area contributed by atoms with Crippen LogP contribution in [0.5, 0.6) is 0 Å². The van der Waals surface area contributed by atoms with E-state index < -0.39 is 15.1 Å². The molecule has 0 fully saturated rings. The van der Waals surface area contributed by atoms with Crippen molar-refractivity contribution in [2.24, 2.45) is 0 Å². The molecule has 0 radical (unpaired) electrons. The molecule has 2 aromatic carbocycles. The molecule has 0 bridgehead atoms. The first-order valence-electron chi connectivity index (χ1n) is 5.78. The number of sulfonamides is 1. The lowest BCUT2D eigenvalue weighted by Crippen LogP contribution is -2.35. The largest absolute Gasteiger partial charge is 0.313 e. The minimum atomic E-state index is -4.16. The average Bonchev–Trinajstić information content (AvgIpc) is 2.46. The monoisotopic (exact) mass is 292 g/mol. The van der Waals surface area contributed by atoms with Gasteiger partial charge in [0.2, 0.25) is 0 Å². The highest BCUT2D eigenvalue weighted by atomic mass is 32.2. The van der Waals surface area contributed by atoms with Gasteiger partial charge in [-0.05, 0) is 22.1 Å². The van der Waals surface area contributed by atoms with Gasteiger partial charge in [0.1, 0.15) is 6.54 Å². The summed E-state index contributed by atoms with van der Waals surface area (Å²) < 4.78 is 24.8. The Morgan fingerprint density at radius 3 is 1.95 bits per heavy atom. The van der Waals surface area contributed by atoms with Crippen LogP contribution in [0.15, 0.2) is 65.6 Å². The van der Waals surface area contributed by atoms with Gasteiger partial charge in [-0.2, -0.15) is 8.42 Å². The molecule has 2 aromatic rings. The van der Waals surface area contributed by atoms with E-state index in [9.17, 15) is 18.5 Å². The Morgan fingerprint density at radius 1 is 0.950 bits per heavy atom. The van der Waals surface area contributed by atoms with Crippen molar-refractivity contribution in [2.75, 3.05) is 0 Å². The number of hydrogen-bond donors (Lipinski definition) is 0. The lowest BCUT2D eigenvalue weighted by Gasteiger charge is -2.14. The maximum Gasteiger partial charge on any atom is 0.313 e. The maximum absolute atomic E-state index is 12.3. The second-order valence-electron chi connectivity index (χ2n) is 4.02. The third-order valence-electron chi connectivity index (χ3n) is 2.66. The van der Waals surface area contributed by atoms with Crippen LogP contribution in [-0.2, 0) is 16.6 Å². The molecule has 0 aromatic heterocycles. The Hall–Kier alpha value is -2.41. The van der Waals surface area contributed by atoms with Gasteiger partial charge in [-0.25, -0.2) is 10.1 Å². The van der Waals surface area contributed by atoms with Crippen molar-refractivity contribution in [1.29, 1.82) is 0 Å². The van der Waals surface area contributed by atoms with E-state index in [1.54, 1.807) is 36.4 Å². The molecule has 2 rings (SSSR count). The van der Waals surface area contributed by atoms with Crippen LogP contribution in [0.25, 0.3) is 0 Å². The summed E-state index contributed by atoms with van der Waals surface area (Å²) in [6.07, 6.45) is 0. The van der Waals surface area contributed by atoms with E-state index in [1.807, 2.05) is 0 Å². The minimum absolute atomic E-state index is 0.104. The van der Waals surface area contributed by atoms with E-state index in [0.29, 0.717) is 5.56 Å². The summed E-state index contributed by atoms with van der Waals surface area (Å²) in [6.45, 7) is -0.314. The molecule has 0 heterocycles. The molecule has 0 saturated carbocycles. The molecule has 6 nitrogen and oxygen atoms in total. The second-order valence-corrected chi connectivity index (χ2v) is 5.86. The third-order valence-corrected chi connectivity index (χ3v) is 4.35. The summed E-state index contributed by atoms with van der Waals surface area (Å²) in [5.41, 5.74) is 0.545. The summed E-state index contributed by atoms with van der Waals surface area (Å²) in [4.78, 5) is 11.0. The normalized spacial score (nSPS) is 11.0. The van der Waals surface area contributed by atoms with Gasteiger partial charge in [-0.3, -0.25) is 0 Å². The molecule has 0 unspecified atom stereocenters. The highest BCUT2D eigenvalue weighted by molar-refractivity contribution is 7.89. The summed E-state index contributed by atoms with van der Waals surface area (Å²) in [5.74, 6) is 0. The Labute approximate surface area is 116 Å². The summed E-state index contributed by atoms with van der Waals surface area (Å²) in [5, 5.41) is 10.2. The molecular weight excluding hydrogens is 280 g/mol. The first-order valence-corrected chi connectivity index (χ1v) is 7.22. The highest BCUT2D eigenvalue weighted by Gasteiger charge is 2.32. The number of benzene rings is 2. The first kappa shape index (κ1) is 14.0. The van der Waals surface area contributed by atoms with Crippen LogP contribution in [-0.4, -0.2) is 17.9 Å². The Morgan fingerprint density at radius 2 is 1.45 bits per heavy atom. The fraction of sp³-hybridized carbons (Fsp3) is 0.0769. The SMILES string of the molecule is O=[N+]([O-])N(Cc1ccccc1)S(=O)(=O)c1ccccc1. The molecule has 7 heteroatoms. The highest BCUT2D eigenvalue weighted by Crippen LogP contribution is 2.17. The first-order chi connectivity index (χ1) is 9.51. The molecule has 0 aliphatic heterocycles. The Balaban J connectivity index is 2.37. The fourth-order valence-corrected chi connectivity index (χ4v) is 2.92. The molecular formula is C13H12N2O4S.